The highest BCUT2D eigenvalue weighted by molar-refractivity contribution is 7.22. The maximum absolute atomic E-state index is 13.6. The molecule has 1 aliphatic rings. The van der Waals surface area contributed by atoms with Crippen LogP contribution in [0.1, 0.15) is 56.7 Å². The first kappa shape index (κ1) is 29.1. The summed E-state index contributed by atoms with van der Waals surface area (Å²) in [7, 11) is 0. The molecule has 1 atom stereocenters. The van der Waals surface area contributed by atoms with Crippen LogP contribution in [0.4, 0.5) is 5.13 Å². The quantitative estimate of drug-likeness (QED) is 0.128. The Morgan fingerprint density at radius 3 is 2.48 bits per heavy atom. The van der Waals surface area contributed by atoms with Crippen molar-refractivity contribution in [3.05, 3.63) is 101 Å². The molecule has 0 aliphatic carbocycles. The number of benzene rings is 3. The number of hydrogen-bond acceptors (Lipinski definition) is 7. The Morgan fingerprint density at radius 1 is 0.976 bits per heavy atom. The number of nitrogens with zero attached hydrogens (tertiary/aromatic N) is 2. The van der Waals surface area contributed by atoms with Crippen molar-refractivity contribution in [2.75, 3.05) is 18.1 Å². The predicted molar refractivity (Wildman–Crippen MR) is 167 cm³/mol. The number of anilines is 1. The maximum atomic E-state index is 13.6. The molecule has 3 aromatic carbocycles. The van der Waals surface area contributed by atoms with E-state index in [2.05, 4.69) is 6.92 Å². The fraction of sp³-hybridized carbons (Fsp3) is 0.265. The number of aliphatic hydroxyl groups is 1. The van der Waals surface area contributed by atoms with Gasteiger partial charge in [-0.05, 0) is 60.9 Å². The first-order valence-electron chi connectivity index (χ1n) is 14.3. The minimum atomic E-state index is -0.865. The molecular weight excluding hydrogens is 548 g/mol. The number of carbonyl (C=O) groups excluding carboxylic acids is 2. The Bertz CT molecular complexity index is 1610. The lowest BCUT2D eigenvalue weighted by molar-refractivity contribution is -0.117. The number of ketones is 1. The Balaban J connectivity index is 1.49. The first-order chi connectivity index (χ1) is 20.5. The second-order valence-electron chi connectivity index (χ2n) is 9.99. The van der Waals surface area contributed by atoms with Crippen LogP contribution in [0.3, 0.4) is 0 Å². The number of thiazole rings is 1. The van der Waals surface area contributed by atoms with Gasteiger partial charge in [0.25, 0.3) is 5.91 Å². The number of aliphatic hydroxyl groups excluding tert-OH is 1. The summed E-state index contributed by atoms with van der Waals surface area (Å²) in [4.78, 5) is 33.3. The average molecular weight is 583 g/mol. The third-order valence-electron chi connectivity index (χ3n) is 7.03. The Kier molecular flexibility index (Phi) is 9.34. The molecule has 1 aromatic heterocycles. The number of aromatic nitrogens is 1. The summed E-state index contributed by atoms with van der Waals surface area (Å²) in [6.45, 7) is 5.24. The van der Waals surface area contributed by atoms with E-state index in [4.69, 9.17) is 14.5 Å². The standard InChI is InChI=1S/C34H34N2O5S/c1-3-5-6-10-21-41-25-16-14-24(15-17-25)31-30(28(37)20-13-23-11-8-7-9-12-23)32(38)33(39)36(31)34-35-27-19-18-26(40-4-2)22-29(27)42-34/h7-9,11-20,22,31,38H,3-6,10,21H2,1-2H3. The van der Waals surface area contributed by atoms with Crippen molar-refractivity contribution < 1.29 is 24.2 Å². The highest BCUT2D eigenvalue weighted by atomic mass is 32.1. The van der Waals surface area contributed by atoms with Crippen LogP contribution in [0.2, 0.25) is 0 Å². The molecule has 7 nitrogen and oxygen atoms in total. The van der Waals surface area contributed by atoms with Gasteiger partial charge in [0.15, 0.2) is 16.7 Å². The second kappa shape index (κ2) is 13.5. The third-order valence-corrected chi connectivity index (χ3v) is 8.05. The Morgan fingerprint density at radius 2 is 1.74 bits per heavy atom. The minimum absolute atomic E-state index is 0.00896. The molecule has 0 bridgehead atoms. The van der Waals surface area contributed by atoms with E-state index in [1.165, 1.54) is 28.7 Å². The van der Waals surface area contributed by atoms with Crippen LogP contribution in [0.5, 0.6) is 11.5 Å². The van der Waals surface area contributed by atoms with Gasteiger partial charge in [-0.25, -0.2) is 4.98 Å². The number of fused-ring (bicyclic) bond motifs is 1. The van der Waals surface area contributed by atoms with Crippen LogP contribution in [-0.4, -0.2) is 35.0 Å². The normalized spacial score (nSPS) is 15.2. The molecule has 1 unspecified atom stereocenters. The fourth-order valence-electron chi connectivity index (χ4n) is 4.91. The number of ether oxygens (including phenoxy) is 2. The number of unbranched alkanes of at least 4 members (excludes halogenated alkanes) is 3. The molecule has 0 spiro atoms. The number of carbonyl (C=O) groups is 2. The van der Waals surface area contributed by atoms with Gasteiger partial charge in [-0.2, -0.15) is 0 Å². The lowest BCUT2D eigenvalue weighted by Crippen LogP contribution is -2.30. The third kappa shape index (κ3) is 6.39. The summed E-state index contributed by atoms with van der Waals surface area (Å²) in [5.74, 6) is -0.282. The van der Waals surface area contributed by atoms with Crippen molar-refractivity contribution >= 4 is 44.5 Å². The van der Waals surface area contributed by atoms with Crippen molar-refractivity contribution in [3.8, 4) is 11.5 Å². The number of rotatable bonds is 13. The maximum Gasteiger partial charge on any atom is 0.296 e. The number of hydrogen-bond donors (Lipinski definition) is 1. The van der Waals surface area contributed by atoms with Crippen molar-refractivity contribution in [1.29, 1.82) is 0 Å². The second-order valence-corrected chi connectivity index (χ2v) is 11.0. The van der Waals surface area contributed by atoms with E-state index in [1.54, 1.807) is 6.08 Å². The summed E-state index contributed by atoms with van der Waals surface area (Å²) in [6.07, 6.45) is 7.51. The Labute approximate surface area is 249 Å². The molecule has 2 heterocycles. The van der Waals surface area contributed by atoms with E-state index in [0.717, 1.165) is 29.5 Å². The average Bonchev–Trinajstić information content (AvgIpc) is 3.54. The van der Waals surface area contributed by atoms with Crippen LogP contribution < -0.4 is 14.4 Å². The Hall–Kier alpha value is -4.43. The summed E-state index contributed by atoms with van der Waals surface area (Å²) < 4.78 is 12.4. The van der Waals surface area contributed by atoms with Gasteiger partial charge < -0.3 is 14.6 Å². The van der Waals surface area contributed by atoms with Gasteiger partial charge in [0.05, 0.1) is 35.0 Å². The van der Waals surface area contributed by atoms with E-state index < -0.39 is 23.5 Å². The minimum Gasteiger partial charge on any atom is -0.503 e. The monoisotopic (exact) mass is 582 g/mol. The van der Waals surface area contributed by atoms with Crippen LogP contribution in [0, 0.1) is 0 Å². The zero-order chi connectivity index (χ0) is 29.5. The van der Waals surface area contributed by atoms with E-state index in [9.17, 15) is 14.7 Å². The summed E-state index contributed by atoms with van der Waals surface area (Å²) in [5, 5.41) is 11.5. The SMILES string of the molecule is CCCCCCOc1ccc(C2C(C(=O)C=Cc3ccccc3)=C(O)C(=O)N2c2nc3ccc(OCC)cc3s2)cc1. The van der Waals surface area contributed by atoms with E-state index in [-0.39, 0.29) is 5.57 Å². The number of amides is 1. The van der Waals surface area contributed by atoms with Crippen molar-refractivity contribution in [2.24, 2.45) is 0 Å². The topological polar surface area (TPSA) is 89.0 Å². The summed E-state index contributed by atoms with van der Waals surface area (Å²) in [5.41, 5.74) is 2.20. The molecule has 216 valence electrons. The molecule has 8 heteroatoms. The molecule has 0 saturated heterocycles. The molecule has 0 radical (unpaired) electrons. The van der Waals surface area contributed by atoms with Gasteiger partial charge in [0.1, 0.15) is 11.5 Å². The highest BCUT2D eigenvalue weighted by Gasteiger charge is 2.45. The molecule has 1 amide bonds. The van der Waals surface area contributed by atoms with Crippen molar-refractivity contribution in [1.82, 2.24) is 4.98 Å². The van der Waals surface area contributed by atoms with Crippen LogP contribution in [-0.2, 0) is 9.59 Å². The molecule has 0 fully saturated rings. The predicted octanol–water partition coefficient (Wildman–Crippen LogP) is 7.84. The van der Waals surface area contributed by atoms with Gasteiger partial charge in [0, 0.05) is 0 Å². The van der Waals surface area contributed by atoms with Crippen molar-refractivity contribution in [2.45, 2.75) is 45.6 Å². The van der Waals surface area contributed by atoms with Crippen molar-refractivity contribution in [3.63, 3.8) is 0 Å². The summed E-state index contributed by atoms with van der Waals surface area (Å²) >= 11 is 1.31. The van der Waals surface area contributed by atoms with Crippen LogP contribution in [0.25, 0.3) is 16.3 Å². The van der Waals surface area contributed by atoms with Gasteiger partial charge in [-0.3, -0.25) is 14.5 Å². The molecular formula is C34H34N2O5S. The zero-order valence-corrected chi connectivity index (χ0v) is 24.6. The van der Waals surface area contributed by atoms with Gasteiger partial charge in [-0.1, -0.05) is 86.1 Å². The van der Waals surface area contributed by atoms with Crippen LogP contribution >= 0.6 is 11.3 Å². The van der Waals surface area contributed by atoms with Crippen LogP contribution in [0.15, 0.2) is 90.2 Å². The molecule has 0 saturated carbocycles. The largest absolute Gasteiger partial charge is 0.503 e. The zero-order valence-electron chi connectivity index (χ0n) is 23.8. The van der Waals surface area contributed by atoms with Gasteiger partial charge in [-0.15, -0.1) is 0 Å². The van der Waals surface area contributed by atoms with Gasteiger partial charge in [0.2, 0.25) is 0 Å². The summed E-state index contributed by atoms with van der Waals surface area (Å²) in [6, 6.07) is 21.4. The van der Waals surface area contributed by atoms with E-state index in [1.807, 2.05) is 79.7 Å². The molecule has 4 aromatic rings. The smallest absolute Gasteiger partial charge is 0.296 e. The molecule has 1 aliphatic heterocycles. The lowest BCUT2D eigenvalue weighted by Gasteiger charge is -2.24. The highest BCUT2D eigenvalue weighted by Crippen LogP contribution is 2.44. The van der Waals surface area contributed by atoms with E-state index >= 15 is 0 Å². The lowest BCUT2D eigenvalue weighted by atomic mass is 9.95. The number of allylic oxidation sites excluding steroid dienone is 1. The van der Waals surface area contributed by atoms with E-state index in [0.29, 0.717) is 40.9 Å². The molecule has 1 N–H and O–H groups in total. The fourth-order valence-corrected chi connectivity index (χ4v) is 5.93. The molecule has 42 heavy (non-hydrogen) atoms. The van der Waals surface area contributed by atoms with Gasteiger partial charge >= 0.3 is 0 Å². The first-order valence-corrected chi connectivity index (χ1v) is 15.1. The molecule has 5 rings (SSSR count).